The fourth-order valence-corrected chi connectivity index (χ4v) is 4.02. The largest absolute Gasteiger partial charge is 0.387 e. The number of aromatic nitrogens is 3. The molecule has 2 atom stereocenters. The van der Waals surface area contributed by atoms with Gasteiger partial charge in [0, 0.05) is 50.5 Å². The molecule has 9 nitrogen and oxygen atoms in total. The molecule has 1 fully saturated rings. The molecular weight excluding hydrogens is 392 g/mol. The number of aromatic amines is 1. The third-order valence-electron chi connectivity index (χ3n) is 5.73. The molecule has 1 aromatic carbocycles. The number of imidazole rings is 1. The average molecular weight is 421 g/mol. The Kier molecular flexibility index (Phi) is 5.23. The fourth-order valence-electron chi connectivity index (χ4n) is 4.02. The van der Waals surface area contributed by atoms with Crippen molar-refractivity contribution in [2.45, 2.75) is 32.5 Å². The molecule has 0 unspecified atom stereocenters. The lowest BCUT2D eigenvalue weighted by Crippen LogP contribution is -2.53. The zero-order valence-corrected chi connectivity index (χ0v) is 18.0. The van der Waals surface area contributed by atoms with Gasteiger partial charge in [-0.25, -0.2) is 9.97 Å². The second-order valence-corrected chi connectivity index (χ2v) is 8.38. The van der Waals surface area contributed by atoms with E-state index in [9.17, 15) is 0 Å². The van der Waals surface area contributed by atoms with E-state index in [1.54, 1.807) is 5.01 Å². The van der Waals surface area contributed by atoms with Crippen molar-refractivity contribution in [2.24, 2.45) is 0 Å². The minimum atomic E-state index is 0.512. The number of H-pyrrole nitrogens is 1. The normalized spacial score (nSPS) is 21.9. The summed E-state index contributed by atoms with van der Waals surface area (Å²) in [6, 6.07) is 11.2. The first-order valence-electron chi connectivity index (χ1n) is 10.6. The van der Waals surface area contributed by atoms with Crippen molar-refractivity contribution >= 4 is 28.6 Å². The van der Waals surface area contributed by atoms with E-state index < -0.39 is 0 Å². The standard InChI is InChI=1S/C22H28N8O/c1-14-11-30(15(2)10-24-14)12-16-6-7-23-21(8-16)27-22-25-18-5-4-17(9-19(18)26-22)20-13-29(3)28-31-20/h4-9,13-15,24,28H,10-12H2,1-3H3,(H2,23,25,26,27)/t14-,15+/m1/s1. The van der Waals surface area contributed by atoms with Gasteiger partial charge in [0.1, 0.15) is 5.82 Å². The van der Waals surface area contributed by atoms with Gasteiger partial charge < -0.3 is 20.5 Å². The number of hydrogen-bond donors (Lipinski definition) is 4. The highest BCUT2D eigenvalue weighted by molar-refractivity contribution is 5.82. The van der Waals surface area contributed by atoms with Crippen LogP contribution < -0.4 is 16.2 Å². The summed E-state index contributed by atoms with van der Waals surface area (Å²) in [6.07, 6.45) is 3.74. The number of nitrogens with zero attached hydrogens (tertiary/aromatic N) is 4. The summed E-state index contributed by atoms with van der Waals surface area (Å²) in [5.41, 5.74) is 6.80. The summed E-state index contributed by atoms with van der Waals surface area (Å²) in [7, 11) is 1.88. The highest BCUT2D eigenvalue weighted by atomic mass is 16.7. The minimum Gasteiger partial charge on any atom is -0.387 e. The number of rotatable bonds is 5. The number of nitrogens with one attached hydrogen (secondary N) is 4. The van der Waals surface area contributed by atoms with Crippen LogP contribution in [-0.2, 0) is 11.4 Å². The number of hydrogen-bond acceptors (Lipinski definition) is 8. The molecule has 5 rings (SSSR count). The van der Waals surface area contributed by atoms with Crippen molar-refractivity contribution in [3.05, 3.63) is 53.9 Å². The molecule has 2 aromatic heterocycles. The molecular formula is C22H28N8O. The number of hydrazine groups is 1. The van der Waals surface area contributed by atoms with Gasteiger partial charge in [-0.1, -0.05) is 5.59 Å². The first-order valence-corrected chi connectivity index (χ1v) is 10.6. The molecule has 1 saturated heterocycles. The molecule has 0 amide bonds. The Bertz CT molecular complexity index is 1110. The summed E-state index contributed by atoms with van der Waals surface area (Å²) in [5, 5.41) is 8.61. The van der Waals surface area contributed by atoms with Crippen LogP contribution in [-0.4, -0.2) is 57.1 Å². The van der Waals surface area contributed by atoms with Crippen molar-refractivity contribution in [1.29, 1.82) is 0 Å². The molecule has 9 heteroatoms. The van der Waals surface area contributed by atoms with Gasteiger partial charge in [-0.05, 0) is 49.7 Å². The van der Waals surface area contributed by atoms with E-state index in [4.69, 9.17) is 4.84 Å². The maximum absolute atomic E-state index is 5.46. The number of pyridine rings is 1. The van der Waals surface area contributed by atoms with Gasteiger partial charge in [0.05, 0.1) is 17.2 Å². The van der Waals surface area contributed by atoms with Crippen LogP contribution in [0.3, 0.4) is 0 Å². The highest BCUT2D eigenvalue weighted by Gasteiger charge is 2.22. The Hall–Kier alpha value is -3.14. The molecule has 3 aromatic rings. The van der Waals surface area contributed by atoms with Crippen molar-refractivity contribution in [2.75, 3.05) is 25.5 Å². The second kappa shape index (κ2) is 8.18. The lowest BCUT2D eigenvalue weighted by atomic mass is 10.1. The molecule has 4 heterocycles. The van der Waals surface area contributed by atoms with Crippen molar-refractivity contribution in [1.82, 2.24) is 35.8 Å². The number of fused-ring (bicyclic) bond motifs is 1. The molecule has 0 radical (unpaired) electrons. The molecule has 2 aliphatic rings. The monoisotopic (exact) mass is 420 g/mol. The Balaban J connectivity index is 1.31. The van der Waals surface area contributed by atoms with E-state index in [1.807, 2.05) is 37.6 Å². The molecule has 0 aliphatic carbocycles. The maximum atomic E-state index is 5.46. The highest BCUT2D eigenvalue weighted by Crippen LogP contribution is 2.25. The van der Waals surface area contributed by atoms with Crippen LogP contribution in [0.2, 0.25) is 0 Å². The molecule has 0 spiro atoms. The number of anilines is 2. The molecule has 4 N–H and O–H groups in total. The van der Waals surface area contributed by atoms with E-state index in [-0.39, 0.29) is 0 Å². The predicted octanol–water partition coefficient (Wildman–Crippen LogP) is 2.56. The number of piperazine rings is 1. The summed E-state index contributed by atoms with van der Waals surface area (Å²) < 4.78 is 0. The third kappa shape index (κ3) is 4.34. The molecule has 31 heavy (non-hydrogen) atoms. The Morgan fingerprint density at radius 1 is 1.23 bits per heavy atom. The van der Waals surface area contributed by atoms with Gasteiger partial charge in [0.2, 0.25) is 5.95 Å². The van der Waals surface area contributed by atoms with Crippen LogP contribution in [0.25, 0.3) is 16.8 Å². The lowest BCUT2D eigenvalue weighted by Gasteiger charge is -2.37. The van der Waals surface area contributed by atoms with Gasteiger partial charge >= 0.3 is 0 Å². The zero-order chi connectivity index (χ0) is 21.4. The van der Waals surface area contributed by atoms with Crippen LogP contribution in [0.5, 0.6) is 0 Å². The lowest BCUT2D eigenvalue weighted by molar-refractivity contribution is 0.0649. The van der Waals surface area contributed by atoms with Crippen LogP contribution in [0, 0.1) is 0 Å². The first kappa shape index (κ1) is 19.8. The van der Waals surface area contributed by atoms with E-state index in [2.05, 4.69) is 62.1 Å². The summed E-state index contributed by atoms with van der Waals surface area (Å²) in [4.78, 5) is 20.4. The van der Waals surface area contributed by atoms with Gasteiger partial charge in [-0.15, -0.1) is 0 Å². The summed E-state index contributed by atoms with van der Waals surface area (Å²) in [6.45, 7) is 7.47. The Morgan fingerprint density at radius 3 is 2.97 bits per heavy atom. The third-order valence-corrected chi connectivity index (χ3v) is 5.73. The van der Waals surface area contributed by atoms with Gasteiger partial charge in [0.25, 0.3) is 0 Å². The van der Waals surface area contributed by atoms with Crippen LogP contribution >= 0.6 is 0 Å². The van der Waals surface area contributed by atoms with Gasteiger partial charge in [-0.3, -0.25) is 9.91 Å². The molecule has 2 aliphatic heterocycles. The van der Waals surface area contributed by atoms with Crippen molar-refractivity contribution in [3.63, 3.8) is 0 Å². The van der Waals surface area contributed by atoms with Crippen LogP contribution in [0.4, 0.5) is 11.8 Å². The SMILES string of the molecule is C[C@@H]1CN(Cc2ccnc(Nc3nc4ccc(C5=CN(C)NO5)cc4[nH]3)c2)[C@@H](C)CN1. The maximum Gasteiger partial charge on any atom is 0.206 e. The van der Waals surface area contributed by atoms with Gasteiger partial charge in [-0.2, -0.15) is 0 Å². The zero-order valence-electron chi connectivity index (χ0n) is 18.0. The van der Waals surface area contributed by atoms with Gasteiger partial charge in [0.15, 0.2) is 5.76 Å². The minimum absolute atomic E-state index is 0.512. The van der Waals surface area contributed by atoms with E-state index in [1.165, 1.54) is 5.56 Å². The van der Waals surface area contributed by atoms with E-state index in [0.29, 0.717) is 18.0 Å². The predicted molar refractivity (Wildman–Crippen MR) is 121 cm³/mol. The molecule has 162 valence electrons. The fraction of sp³-hybridized carbons (Fsp3) is 0.364. The van der Waals surface area contributed by atoms with Crippen molar-refractivity contribution in [3.8, 4) is 0 Å². The average Bonchev–Trinajstić information content (AvgIpc) is 3.36. The van der Waals surface area contributed by atoms with E-state index in [0.717, 1.165) is 47.8 Å². The Labute approximate surface area is 181 Å². The van der Waals surface area contributed by atoms with Crippen LogP contribution in [0.1, 0.15) is 25.0 Å². The second-order valence-electron chi connectivity index (χ2n) is 8.38. The summed E-state index contributed by atoms with van der Waals surface area (Å²) in [5.74, 6) is 2.21. The molecule has 0 saturated carbocycles. The summed E-state index contributed by atoms with van der Waals surface area (Å²) >= 11 is 0. The smallest absolute Gasteiger partial charge is 0.206 e. The Morgan fingerprint density at radius 2 is 2.13 bits per heavy atom. The number of benzene rings is 1. The van der Waals surface area contributed by atoms with E-state index >= 15 is 0 Å². The van der Waals surface area contributed by atoms with Crippen molar-refractivity contribution < 1.29 is 4.84 Å². The topological polar surface area (TPSA) is 93.4 Å². The van der Waals surface area contributed by atoms with Crippen LogP contribution in [0.15, 0.2) is 42.7 Å². The first-order chi connectivity index (χ1) is 15.0. The quantitative estimate of drug-likeness (QED) is 0.501. The molecule has 0 bridgehead atoms.